The quantitative estimate of drug-likeness (QED) is 0.859. The average Bonchev–Trinajstić information content (AvgIpc) is 2.97. The van der Waals surface area contributed by atoms with Crippen LogP contribution in [0.1, 0.15) is 16.1 Å². The van der Waals surface area contributed by atoms with Crippen LogP contribution in [-0.2, 0) is 13.1 Å². The highest BCUT2D eigenvalue weighted by Crippen LogP contribution is 2.01. The number of carbonyl (C=O) groups excluding carboxylic acids is 1. The molecule has 0 aliphatic carbocycles. The topological polar surface area (TPSA) is 67.5 Å². The summed E-state index contributed by atoms with van der Waals surface area (Å²) in [4.78, 5) is 25.8. The molecule has 2 heterocycles. The molecule has 0 aliphatic heterocycles. The lowest BCUT2D eigenvalue weighted by Crippen LogP contribution is -2.28. The number of likely N-dealkylation sites (N-methyl/N-ethyl adjacent to an activating group) is 1. The third-order valence-corrected chi connectivity index (χ3v) is 3.04. The fourth-order valence-electron chi connectivity index (χ4n) is 1.83. The molecule has 2 aromatic heterocycles. The zero-order valence-electron chi connectivity index (χ0n) is 12.2. The maximum atomic E-state index is 12.1. The second-order valence-electron chi connectivity index (χ2n) is 5.01. The Balaban J connectivity index is 2.03. The molecule has 21 heavy (non-hydrogen) atoms. The Hall–Kier alpha value is -2.34. The normalized spacial score (nSPS) is 10.8. The van der Waals surface area contributed by atoms with Crippen molar-refractivity contribution >= 4 is 5.91 Å². The van der Waals surface area contributed by atoms with Gasteiger partial charge >= 0.3 is 0 Å². The van der Waals surface area contributed by atoms with Crippen molar-refractivity contribution < 1.29 is 9.21 Å². The molecule has 0 saturated heterocycles. The van der Waals surface area contributed by atoms with E-state index in [4.69, 9.17) is 4.42 Å². The molecule has 112 valence electrons. The van der Waals surface area contributed by atoms with Crippen LogP contribution in [0.2, 0.25) is 0 Å². The molecule has 0 unspecified atom stereocenters. The second kappa shape index (κ2) is 6.90. The van der Waals surface area contributed by atoms with Crippen LogP contribution in [0.3, 0.4) is 0 Å². The lowest BCUT2D eigenvalue weighted by Gasteiger charge is -2.12. The van der Waals surface area contributed by atoms with E-state index in [-0.39, 0.29) is 11.5 Å². The monoisotopic (exact) mass is 289 g/mol. The highest BCUT2D eigenvalue weighted by atomic mass is 16.3. The molecular weight excluding hydrogens is 270 g/mol. The summed E-state index contributed by atoms with van der Waals surface area (Å²) in [5.74, 6) is 0.453. The van der Waals surface area contributed by atoms with Crippen LogP contribution < -0.4 is 10.9 Å². The van der Waals surface area contributed by atoms with Crippen LogP contribution in [0, 0.1) is 0 Å². The van der Waals surface area contributed by atoms with Crippen molar-refractivity contribution in [3.05, 3.63) is 58.4 Å². The summed E-state index contributed by atoms with van der Waals surface area (Å²) in [6.45, 7) is 1.60. The van der Waals surface area contributed by atoms with Gasteiger partial charge in [-0.25, -0.2) is 0 Å². The summed E-state index contributed by atoms with van der Waals surface area (Å²) in [7, 11) is 3.87. The largest absolute Gasteiger partial charge is 0.467 e. The average molecular weight is 289 g/mol. The summed E-state index contributed by atoms with van der Waals surface area (Å²) >= 11 is 0. The van der Waals surface area contributed by atoms with E-state index >= 15 is 0 Å². The third-order valence-electron chi connectivity index (χ3n) is 3.04. The number of carbonyl (C=O) groups is 1. The number of amides is 1. The smallest absolute Gasteiger partial charge is 0.253 e. The summed E-state index contributed by atoms with van der Waals surface area (Å²) in [6.07, 6.45) is 3.15. The fourth-order valence-corrected chi connectivity index (χ4v) is 1.83. The number of pyridine rings is 1. The highest BCUT2D eigenvalue weighted by Gasteiger charge is 2.08. The number of furan rings is 1. The van der Waals surface area contributed by atoms with Crippen LogP contribution in [-0.4, -0.2) is 36.0 Å². The molecule has 0 fully saturated rings. The van der Waals surface area contributed by atoms with E-state index in [2.05, 4.69) is 5.32 Å². The molecule has 6 heteroatoms. The van der Waals surface area contributed by atoms with Crippen molar-refractivity contribution in [2.45, 2.75) is 13.1 Å². The van der Waals surface area contributed by atoms with Crippen molar-refractivity contribution in [2.75, 3.05) is 20.6 Å². The van der Waals surface area contributed by atoms with Gasteiger partial charge in [0, 0.05) is 25.4 Å². The van der Waals surface area contributed by atoms with E-state index in [9.17, 15) is 9.59 Å². The Morgan fingerprint density at radius 2 is 2.14 bits per heavy atom. The van der Waals surface area contributed by atoms with Crippen molar-refractivity contribution in [2.24, 2.45) is 0 Å². The van der Waals surface area contributed by atoms with E-state index in [1.165, 1.54) is 12.1 Å². The number of rotatable bonds is 6. The SMILES string of the molecule is CN(C)CCn1cc(C(=O)NCc2ccco2)ccc1=O. The molecule has 2 rings (SSSR count). The maximum Gasteiger partial charge on any atom is 0.253 e. The summed E-state index contributed by atoms with van der Waals surface area (Å²) in [6, 6.07) is 6.50. The van der Waals surface area contributed by atoms with E-state index < -0.39 is 0 Å². The summed E-state index contributed by atoms with van der Waals surface area (Å²) in [5.41, 5.74) is 0.347. The Morgan fingerprint density at radius 3 is 2.81 bits per heavy atom. The molecule has 1 N–H and O–H groups in total. The Morgan fingerprint density at radius 1 is 1.33 bits per heavy atom. The highest BCUT2D eigenvalue weighted by molar-refractivity contribution is 5.93. The predicted octanol–water partition coefficient (Wildman–Crippen LogP) is 0.933. The molecule has 0 aliphatic rings. The third kappa shape index (κ3) is 4.32. The van der Waals surface area contributed by atoms with E-state index in [1.54, 1.807) is 29.2 Å². The molecule has 0 spiro atoms. The summed E-state index contributed by atoms with van der Waals surface area (Å²) < 4.78 is 6.70. The zero-order valence-corrected chi connectivity index (χ0v) is 12.2. The zero-order chi connectivity index (χ0) is 15.2. The number of aromatic nitrogens is 1. The lowest BCUT2D eigenvalue weighted by atomic mass is 10.2. The minimum absolute atomic E-state index is 0.112. The van der Waals surface area contributed by atoms with Crippen molar-refractivity contribution in [1.82, 2.24) is 14.8 Å². The molecular formula is C15H19N3O3. The van der Waals surface area contributed by atoms with Crippen LogP contribution >= 0.6 is 0 Å². The first-order chi connectivity index (χ1) is 10.1. The van der Waals surface area contributed by atoms with Gasteiger partial charge in [0.25, 0.3) is 11.5 Å². The van der Waals surface area contributed by atoms with Crippen molar-refractivity contribution in [3.63, 3.8) is 0 Å². The van der Waals surface area contributed by atoms with Gasteiger partial charge in [-0.1, -0.05) is 0 Å². The van der Waals surface area contributed by atoms with Crippen LogP contribution in [0.5, 0.6) is 0 Å². The van der Waals surface area contributed by atoms with E-state index in [0.29, 0.717) is 24.4 Å². The standard InChI is InChI=1S/C15H19N3O3/c1-17(2)7-8-18-11-12(5-6-14(18)19)15(20)16-10-13-4-3-9-21-13/h3-6,9,11H,7-8,10H2,1-2H3,(H,16,20). The lowest BCUT2D eigenvalue weighted by molar-refractivity contribution is 0.0947. The van der Waals surface area contributed by atoms with E-state index in [1.807, 2.05) is 19.0 Å². The molecule has 0 aromatic carbocycles. The van der Waals surface area contributed by atoms with Gasteiger partial charge in [0.1, 0.15) is 5.76 Å². The number of nitrogens with one attached hydrogen (secondary N) is 1. The molecule has 0 bridgehead atoms. The van der Waals surface area contributed by atoms with Gasteiger partial charge in [-0.15, -0.1) is 0 Å². The van der Waals surface area contributed by atoms with Crippen molar-refractivity contribution in [3.8, 4) is 0 Å². The predicted molar refractivity (Wildman–Crippen MR) is 79.1 cm³/mol. The van der Waals surface area contributed by atoms with Gasteiger partial charge in [0.05, 0.1) is 18.4 Å². The minimum atomic E-state index is -0.231. The van der Waals surface area contributed by atoms with Gasteiger partial charge in [-0.2, -0.15) is 0 Å². The van der Waals surface area contributed by atoms with Gasteiger partial charge in [-0.05, 0) is 32.3 Å². The number of hydrogen-bond donors (Lipinski definition) is 1. The van der Waals surface area contributed by atoms with Gasteiger partial charge < -0.3 is 19.2 Å². The Kier molecular flexibility index (Phi) is 4.94. The van der Waals surface area contributed by atoms with Gasteiger partial charge in [-0.3, -0.25) is 9.59 Å². The number of hydrogen-bond acceptors (Lipinski definition) is 4. The Bertz CT molecular complexity index is 644. The molecule has 1 amide bonds. The summed E-state index contributed by atoms with van der Waals surface area (Å²) in [5, 5.41) is 2.75. The van der Waals surface area contributed by atoms with Crippen LogP contribution in [0.15, 0.2) is 45.9 Å². The van der Waals surface area contributed by atoms with E-state index in [0.717, 1.165) is 6.54 Å². The molecule has 6 nitrogen and oxygen atoms in total. The van der Waals surface area contributed by atoms with Crippen LogP contribution in [0.4, 0.5) is 0 Å². The molecule has 0 saturated carbocycles. The second-order valence-corrected chi connectivity index (χ2v) is 5.01. The Labute approximate surface area is 123 Å². The van der Waals surface area contributed by atoms with Crippen molar-refractivity contribution in [1.29, 1.82) is 0 Å². The molecule has 0 radical (unpaired) electrons. The molecule has 0 atom stereocenters. The maximum absolute atomic E-state index is 12.1. The minimum Gasteiger partial charge on any atom is -0.467 e. The number of nitrogens with zero attached hydrogens (tertiary/aromatic N) is 2. The van der Waals surface area contributed by atoms with Gasteiger partial charge in [0.15, 0.2) is 0 Å². The first-order valence-electron chi connectivity index (χ1n) is 6.72. The first-order valence-corrected chi connectivity index (χ1v) is 6.72. The van der Waals surface area contributed by atoms with Crippen LogP contribution in [0.25, 0.3) is 0 Å². The fraction of sp³-hybridized carbons (Fsp3) is 0.333. The van der Waals surface area contributed by atoms with Gasteiger partial charge in [0.2, 0.25) is 0 Å². The molecule has 2 aromatic rings. The first kappa shape index (κ1) is 15.1.